The number of hydrogen-bond acceptors (Lipinski definition) is 4. The standard InChI is InChI=1S/C14H23N3O2S/c1-16(2)20(18,19)14-8-6-12(7-9-14)17(3)13-5-4-10-15-11-13/h6-9,13,15H,4-5,10-11H2,1-3H3. The summed E-state index contributed by atoms with van der Waals surface area (Å²) in [5, 5.41) is 3.39. The summed E-state index contributed by atoms with van der Waals surface area (Å²) in [7, 11) is 1.81. The molecule has 0 radical (unpaired) electrons. The van der Waals surface area contributed by atoms with Crippen molar-refractivity contribution in [3.8, 4) is 0 Å². The minimum atomic E-state index is -3.34. The Morgan fingerprint density at radius 1 is 1.15 bits per heavy atom. The first-order valence-corrected chi connectivity index (χ1v) is 8.33. The van der Waals surface area contributed by atoms with E-state index in [1.165, 1.54) is 17.1 Å². The first-order chi connectivity index (χ1) is 9.43. The first kappa shape index (κ1) is 15.3. The molecular weight excluding hydrogens is 274 g/mol. The van der Waals surface area contributed by atoms with Crippen molar-refractivity contribution < 1.29 is 8.42 Å². The van der Waals surface area contributed by atoms with E-state index < -0.39 is 10.0 Å². The summed E-state index contributed by atoms with van der Waals surface area (Å²) < 4.78 is 25.3. The number of benzene rings is 1. The Bertz CT molecular complexity index is 534. The Labute approximate surface area is 121 Å². The van der Waals surface area contributed by atoms with E-state index in [9.17, 15) is 8.42 Å². The molecule has 1 aliphatic heterocycles. The van der Waals surface area contributed by atoms with Gasteiger partial charge in [0.25, 0.3) is 0 Å². The Hall–Kier alpha value is -1.11. The first-order valence-electron chi connectivity index (χ1n) is 6.89. The zero-order chi connectivity index (χ0) is 14.8. The Morgan fingerprint density at radius 3 is 2.30 bits per heavy atom. The van der Waals surface area contributed by atoms with Crippen molar-refractivity contribution in [3.05, 3.63) is 24.3 Å². The summed E-state index contributed by atoms with van der Waals surface area (Å²) in [5.74, 6) is 0. The van der Waals surface area contributed by atoms with Crippen molar-refractivity contribution in [1.82, 2.24) is 9.62 Å². The number of likely N-dealkylation sites (N-methyl/N-ethyl adjacent to an activating group) is 1. The van der Waals surface area contributed by atoms with Gasteiger partial charge in [0.1, 0.15) is 0 Å². The number of anilines is 1. The molecule has 0 bridgehead atoms. The molecule has 0 amide bonds. The maximum Gasteiger partial charge on any atom is 0.242 e. The highest BCUT2D eigenvalue weighted by Gasteiger charge is 2.20. The van der Waals surface area contributed by atoms with Gasteiger partial charge in [0, 0.05) is 39.4 Å². The van der Waals surface area contributed by atoms with Gasteiger partial charge in [0.15, 0.2) is 0 Å². The van der Waals surface area contributed by atoms with Crippen LogP contribution in [0.2, 0.25) is 0 Å². The van der Waals surface area contributed by atoms with Gasteiger partial charge in [-0.2, -0.15) is 0 Å². The van der Waals surface area contributed by atoms with Crippen molar-refractivity contribution in [3.63, 3.8) is 0 Å². The van der Waals surface area contributed by atoms with Crippen molar-refractivity contribution in [2.75, 3.05) is 39.1 Å². The number of rotatable bonds is 4. The third kappa shape index (κ3) is 3.13. The van der Waals surface area contributed by atoms with Crippen LogP contribution in [0.3, 0.4) is 0 Å². The predicted octanol–water partition coefficient (Wildman–Crippen LogP) is 1.13. The van der Waals surface area contributed by atoms with E-state index in [-0.39, 0.29) is 0 Å². The number of hydrogen-bond donors (Lipinski definition) is 1. The van der Waals surface area contributed by atoms with Crippen LogP contribution >= 0.6 is 0 Å². The average molecular weight is 297 g/mol. The molecule has 1 saturated heterocycles. The fourth-order valence-corrected chi connectivity index (χ4v) is 3.34. The van der Waals surface area contributed by atoms with Gasteiger partial charge in [-0.15, -0.1) is 0 Å². The highest BCUT2D eigenvalue weighted by Crippen LogP contribution is 2.22. The minimum Gasteiger partial charge on any atom is -0.370 e. The number of nitrogens with one attached hydrogen (secondary N) is 1. The molecule has 0 aliphatic carbocycles. The van der Waals surface area contributed by atoms with E-state index in [0.29, 0.717) is 10.9 Å². The molecule has 0 saturated carbocycles. The second-order valence-electron chi connectivity index (χ2n) is 5.39. The zero-order valence-corrected chi connectivity index (χ0v) is 13.2. The van der Waals surface area contributed by atoms with Crippen LogP contribution in [0.1, 0.15) is 12.8 Å². The highest BCUT2D eigenvalue weighted by atomic mass is 32.2. The van der Waals surface area contributed by atoms with Crippen LogP contribution in [-0.2, 0) is 10.0 Å². The lowest BCUT2D eigenvalue weighted by atomic mass is 10.1. The molecule has 1 heterocycles. The van der Waals surface area contributed by atoms with Gasteiger partial charge in [0.05, 0.1) is 4.90 Å². The van der Waals surface area contributed by atoms with Crippen molar-refractivity contribution in [1.29, 1.82) is 0 Å². The van der Waals surface area contributed by atoms with E-state index in [2.05, 4.69) is 17.3 Å². The molecule has 1 aromatic carbocycles. The summed E-state index contributed by atoms with van der Waals surface area (Å²) >= 11 is 0. The molecule has 5 nitrogen and oxygen atoms in total. The Morgan fingerprint density at radius 2 is 1.80 bits per heavy atom. The average Bonchev–Trinajstić information content (AvgIpc) is 2.47. The third-order valence-corrected chi connectivity index (χ3v) is 5.67. The molecule has 1 N–H and O–H groups in total. The molecule has 0 spiro atoms. The van der Waals surface area contributed by atoms with E-state index in [0.717, 1.165) is 18.8 Å². The fraction of sp³-hybridized carbons (Fsp3) is 0.571. The van der Waals surface area contributed by atoms with Gasteiger partial charge in [0.2, 0.25) is 10.0 Å². The molecule has 20 heavy (non-hydrogen) atoms. The summed E-state index contributed by atoms with van der Waals surface area (Å²) in [6.45, 7) is 2.07. The maximum absolute atomic E-state index is 12.0. The van der Waals surface area contributed by atoms with Gasteiger partial charge in [-0.25, -0.2) is 12.7 Å². The topological polar surface area (TPSA) is 52.7 Å². The Kier molecular flexibility index (Phi) is 4.67. The second-order valence-corrected chi connectivity index (χ2v) is 7.54. The van der Waals surface area contributed by atoms with Gasteiger partial charge in [-0.05, 0) is 43.7 Å². The maximum atomic E-state index is 12.0. The van der Waals surface area contributed by atoms with Crippen LogP contribution in [0.5, 0.6) is 0 Å². The van der Waals surface area contributed by atoms with Gasteiger partial charge >= 0.3 is 0 Å². The van der Waals surface area contributed by atoms with Crippen LogP contribution < -0.4 is 10.2 Å². The summed E-state index contributed by atoms with van der Waals surface area (Å²) in [5.41, 5.74) is 1.05. The largest absolute Gasteiger partial charge is 0.370 e. The summed E-state index contributed by atoms with van der Waals surface area (Å²) in [4.78, 5) is 2.56. The molecule has 1 unspecified atom stereocenters. The third-order valence-electron chi connectivity index (χ3n) is 3.84. The molecule has 112 valence electrons. The minimum absolute atomic E-state index is 0.335. The van der Waals surface area contributed by atoms with Gasteiger partial charge in [-0.1, -0.05) is 0 Å². The lowest BCUT2D eigenvalue weighted by molar-refractivity contribution is 0.445. The number of piperidine rings is 1. The van der Waals surface area contributed by atoms with Gasteiger partial charge < -0.3 is 10.2 Å². The lowest BCUT2D eigenvalue weighted by Crippen LogP contribution is -2.44. The molecule has 0 aromatic heterocycles. The molecule has 1 fully saturated rings. The number of sulfonamides is 1. The molecule has 1 aliphatic rings. The molecule has 6 heteroatoms. The van der Waals surface area contributed by atoms with Crippen molar-refractivity contribution in [2.45, 2.75) is 23.8 Å². The van der Waals surface area contributed by atoms with Crippen molar-refractivity contribution >= 4 is 15.7 Å². The smallest absolute Gasteiger partial charge is 0.242 e. The van der Waals surface area contributed by atoms with E-state index >= 15 is 0 Å². The van der Waals surface area contributed by atoms with E-state index in [1.807, 2.05) is 12.1 Å². The normalized spacial score (nSPS) is 20.1. The van der Waals surface area contributed by atoms with Crippen LogP contribution in [0.4, 0.5) is 5.69 Å². The van der Waals surface area contributed by atoms with Crippen LogP contribution in [0.15, 0.2) is 29.2 Å². The molecule has 1 atom stereocenters. The van der Waals surface area contributed by atoms with Crippen LogP contribution in [0.25, 0.3) is 0 Å². The SMILES string of the molecule is CN(c1ccc(S(=O)(=O)N(C)C)cc1)C1CCCNC1. The molecule has 2 rings (SSSR count). The molecule has 1 aromatic rings. The predicted molar refractivity (Wildman–Crippen MR) is 81.6 cm³/mol. The fourth-order valence-electron chi connectivity index (χ4n) is 2.44. The number of nitrogens with zero attached hydrogens (tertiary/aromatic N) is 2. The quantitative estimate of drug-likeness (QED) is 0.905. The Balaban J connectivity index is 2.15. The lowest BCUT2D eigenvalue weighted by Gasteiger charge is -2.33. The summed E-state index contributed by atoms with van der Waals surface area (Å²) in [6.07, 6.45) is 2.35. The summed E-state index contributed by atoms with van der Waals surface area (Å²) in [6, 6.07) is 7.59. The van der Waals surface area contributed by atoms with E-state index in [4.69, 9.17) is 0 Å². The van der Waals surface area contributed by atoms with E-state index in [1.54, 1.807) is 26.2 Å². The van der Waals surface area contributed by atoms with Crippen molar-refractivity contribution in [2.24, 2.45) is 0 Å². The van der Waals surface area contributed by atoms with Crippen LogP contribution in [-0.4, -0.2) is 53.0 Å². The second kappa shape index (κ2) is 6.11. The zero-order valence-electron chi connectivity index (χ0n) is 12.3. The highest BCUT2D eigenvalue weighted by molar-refractivity contribution is 7.89. The van der Waals surface area contributed by atoms with Crippen LogP contribution in [0, 0.1) is 0 Å². The molecular formula is C14H23N3O2S. The monoisotopic (exact) mass is 297 g/mol. The van der Waals surface area contributed by atoms with Gasteiger partial charge in [-0.3, -0.25) is 0 Å².